The molecule has 0 aromatic carbocycles. The molecule has 0 saturated carbocycles. The second-order valence-electron chi connectivity index (χ2n) is 4.13. The first-order valence-electron chi connectivity index (χ1n) is 5.41. The van der Waals surface area contributed by atoms with E-state index < -0.39 is 9.84 Å². The molecule has 98 valence electrons. The molecule has 0 atom stereocenters. The molecule has 19 heavy (non-hydrogen) atoms. The molecule has 3 aromatic rings. The van der Waals surface area contributed by atoms with Crippen molar-refractivity contribution in [1.82, 2.24) is 19.4 Å². The predicted octanol–water partition coefficient (Wildman–Crippen LogP) is 1.56. The molecule has 0 spiro atoms. The first-order valence-corrected chi connectivity index (χ1v) is 8.18. The SMILES string of the molecule is Cc1cn2c(-c3nccs3)cnc2c(S(C)(=O)=O)n1. The first kappa shape index (κ1) is 12.2. The molecule has 0 bridgehead atoms. The highest BCUT2D eigenvalue weighted by Gasteiger charge is 2.19. The number of imidazole rings is 1. The van der Waals surface area contributed by atoms with Gasteiger partial charge in [-0.15, -0.1) is 11.3 Å². The third-order valence-electron chi connectivity index (χ3n) is 2.58. The molecule has 6 nitrogen and oxygen atoms in total. The number of thiazole rings is 1. The van der Waals surface area contributed by atoms with Crippen LogP contribution in [0.2, 0.25) is 0 Å². The Morgan fingerprint density at radius 2 is 2.11 bits per heavy atom. The van der Waals surface area contributed by atoms with E-state index in [1.807, 2.05) is 5.38 Å². The van der Waals surface area contributed by atoms with Gasteiger partial charge in [0.05, 0.1) is 11.9 Å². The van der Waals surface area contributed by atoms with Gasteiger partial charge in [0, 0.05) is 24.0 Å². The Kier molecular flexibility index (Phi) is 2.64. The third-order valence-corrected chi connectivity index (χ3v) is 4.36. The van der Waals surface area contributed by atoms with Crippen molar-refractivity contribution >= 4 is 26.8 Å². The van der Waals surface area contributed by atoms with E-state index in [0.717, 1.165) is 17.0 Å². The van der Waals surface area contributed by atoms with Crippen molar-refractivity contribution in [3.63, 3.8) is 0 Å². The molecule has 0 N–H and O–H groups in total. The second-order valence-corrected chi connectivity index (χ2v) is 6.96. The Morgan fingerprint density at radius 3 is 2.74 bits per heavy atom. The lowest BCUT2D eigenvalue weighted by atomic mass is 10.4. The zero-order valence-corrected chi connectivity index (χ0v) is 11.9. The van der Waals surface area contributed by atoms with Crippen LogP contribution in [0.3, 0.4) is 0 Å². The fourth-order valence-corrected chi connectivity index (χ4v) is 3.27. The number of rotatable bonds is 2. The maximum absolute atomic E-state index is 11.8. The Labute approximate surface area is 113 Å². The molecule has 0 unspecified atom stereocenters. The monoisotopic (exact) mass is 294 g/mol. The normalized spacial score (nSPS) is 12.1. The molecule has 0 aliphatic carbocycles. The maximum atomic E-state index is 11.8. The van der Waals surface area contributed by atoms with Gasteiger partial charge in [-0.2, -0.15) is 0 Å². The highest BCUT2D eigenvalue weighted by molar-refractivity contribution is 7.90. The maximum Gasteiger partial charge on any atom is 0.198 e. The highest BCUT2D eigenvalue weighted by atomic mass is 32.2. The number of aryl methyl sites for hydroxylation is 1. The van der Waals surface area contributed by atoms with Crippen LogP contribution in [-0.4, -0.2) is 34.0 Å². The first-order chi connectivity index (χ1) is 8.97. The molecule has 0 fully saturated rings. The fourth-order valence-electron chi connectivity index (χ4n) is 1.83. The highest BCUT2D eigenvalue weighted by Crippen LogP contribution is 2.25. The summed E-state index contributed by atoms with van der Waals surface area (Å²) in [6, 6.07) is 0. The standard InChI is InChI=1S/C11H10N4O2S2/c1-7-6-15-8(10-12-3-4-18-10)5-13-9(15)11(14-7)19(2,16)17/h3-6H,1-2H3. The van der Waals surface area contributed by atoms with E-state index in [9.17, 15) is 8.42 Å². The minimum Gasteiger partial charge on any atom is -0.293 e. The summed E-state index contributed by atoms with van der Waals surface area (Å²) >= 11 is 1.47. The predicted molar refractivity (Wildman–Crippen MR) is 71.9 cm³/mol. The van der Waals surface area contributed by atoms with Gasteiger partial charge in [-0.05, 0) is 6.92 Å². The van der Waals surface area contributed by atoms with E-state index in [4.69, 9.17) is 0 Å². The summed E-state index contributed by atoms with van der Waals surface area (Å²) in [5.41, 5.74) is 1.71. The van der Waals surface area contributed by atoms with Gasteiger partial charge in [0.25, 0.3) is 0 Å². The molecule has 0 aliphatic heterocycles. The molecule has 3 aromatic heterocycles. The van der Waals surface area contributed by atoms with Gasteiger partial charge in [0.1, 0.15) is 10.7 Å². The average Bonchev–Trinajstić information content (AvgIpc) is 2.93. The molecule has 0 saturated heterocycles. The lowest BCUT2D eigenvalue weighted by molar-refractivity contribution is 0.598. The van der Waals surface area contributed by atoms with Crippen molar-refractivity contribution in [2.24, 2.45) is 0 Å². The summed E-state index contributed by atoms with van der Waals surface area (Å²) in [5, 5.41) is 2.65. The van der Waals surface area contributed by atoms with Crippen molar-refractivity contribution in [3.05, 3.63) is 29.7 Å². The van der Waals surface area contributed by atoms with Crippen LogP contribution in [0.1, 0.15) is 5.69 Å². The number of sulfone groups is 1. The van der Waals surface area contributed by atoms with Crippen LogP contribution in [0.4, 0.5) is 0 Å². The van der Waals surface area contributed by atoms with Gasteiger partial charge in [-0.1, -0.05) is 0 Å². The van der Waals surface area contributed by atoms with Gasteiger partial charge in [0.2, 0.25) is 0 Å². The summed E-state index contributed by atoms with van der Waals surface area (Å²) in [5.74, 6) is 0. The summed E-state index contributed by atoms with van der Waals surface area (Å²) in [4.78, 5) is 12.5. The van der Waals surface area contributed by atoms with E-state index in [1.54, 1.807) is 29.9 Å². The van der Waals surface area contributed by atoms with Gasteiger partial charge < -0.3 is 0 Å². The van der Waals surface area contributed by atoms with Crippen molar-refractivity contribution in [2.45, 2.75) is 11.9 Å². The lowest BCUT2D eigenvalue weighted by Gasteiger charge is -2.04. The van der Waals surface area contributed by atoms with Crippen LogP contribution in [0.5, 0.6) is 0 Å². The van der Waals surface area contributed by atoms with E-state index in [1.165, 1.54) is 11.3 Å². The molecule has 3 rings (SSSR count). The molecular weight excluding hydrogens is 284 g/mol. The topological polar surface area (TPSA) is 77.2 Å². The molecule has 0 radical (unpaired) electrons. The fraction of sp³-hybridized carbons (Fsp3) is 0.182. The molecule has 8 heteroatoms. The number of nitrogens with zero attached hydrogens (tertiary/aromatic N) is 4. The van der Waals surface area contributed by atoms with Crippen molar-refractivity contribution in [2.75, 3.05) is 6.26 Å². The minimum atomic E-state index is -3.42. The Balaban J connectivity index is 2.40. The van der Waals surface area contributed by atoms with Crippen molar-refractivity contribution in [1.29, 1.82) is 0 Å². The smallest absolute Gasteiger partial charge is 0.198 e. The zero-order chi connectivity index (χ0) is 13.6. The quantitative estimate of drug-likeness (QED) is 0.717. The zero-order valence-electron chi connectivity index (χ0n) is 10.2. The van der Waals surface area contributed by atoms with E-state index in [-0.39, 0.29) is 5.03 Å². The molecule has 3 heterocycles. The summed E-state index contributed by atoms with van der Waals surface area (Å²) in [6.07, 6.45) is 6.20. The van der Waals surface area contributed by atoms with E-state index >= 15 is 0 Å². The lowest BCUT2D eigenvalue weighted by Crippen LogP contribution is -2.06. The summed E-state index contributed by atoms with van der Waals surface area (Å²) in [6.45, 7) is 1.75. The van der Waals surface area contributed by atoms with Crippen LogP contribution in [0.25, 0.3) is 16.3 Å². The summed E-state index contributed by atoms with van der Waals surface area (Å²) < 4.78 is 25.3. The Bertz CT molecular complexity index is 850. The van der Waals surface area contributed by atoms with Crippen molar-refractivity contribution < 1.29 is 8.42 Å². The van der Waals surface area contributed by atoms with E-state index in [0.29, 0.717) is 11.3 Å². The van der Waals surface area contributed by atoms with Crippen LogP contribution < -0.4 is 0 Å². The summed E-state index contributed by atoms with van der Waals surface area (Å²) in [7, 11) is -3.42. The van der Waals surface area contributed by atoms with Crippen LogP contribution in [-0.2, 0) is 9.84 Å². The van der Waals surface area contributed by atoms with Gasteiger partial charge >= 0.3 is 0 Å². The number of hydrogen-bond acceptors (Lipinski definition) is 6. The molecule has 0 amide bonds. The second kappa shape index (κ2) is 4.10. The molecular formula is C11H10N4O2S2. The minimum absolute atomic E-state index is 0.00435. The molecule has 0 aliphatic rings. The third kappa shape index (κ3) is 2.02. The van der Waals surface area contributed by atoms with Crippen LogP contribution in [0.15, 0.2) is 29.0 Å². The van der Waals surface area contributed by atoms with E-state index in [2.05, 4.69) is 15.0 Å². The van der Waals surface area contributed by atoms with Crippen LogP contribution in [0, 0.1) is 6.92 Å². The number of hydrogen-bond donors (Lipinski definition) is 0. The number of fused-ring (bicyclic) bond motifs is 1. The average molecular weight is 294 g/mol. The van der Waals surface area contributed by atoms with Gasteiger partial charge in [0.15, 0.2) is 20.5 Å². The Hall–Kier alpha value is -1.80. The van der Waals surface area contributed by atoms with Gasteiger partial charge in [-0.3, -0.25) is 4.40 Å². The van der Waals surface area contributed by atoms with Gasteiger partial charge in [-0.25, -0.2) is 23.4 Å². The largest absolute Gasteiger partial charge is 0.293 e. The Morgan fingerprint density at radius 1 is 1.32 bits per heavy atom. The number of aromatic nitrogens is 4. The van der Waals surface area contributed by atoms with Crippen LogP contribution >= 0.6 is 11.3 Å². The van der Waals surface area contributed by atoms with Crippen molar-refractivity contribution in [3.8, 4) is 10.7 Å².